The number of hydrogen-bond acceptors (Lipinski definition) is 4. The fraction of sp³-hybridized carbons (Fsp3) is 0.533. The number of hydrogen-bond donors (Lipinski definition) is 2. The van der Waals surface area contributed by atoms with E-state index in [4.69, 9.17) is 10.5 Å². The molecular formula is C15H20N2O3. The van der Waals surface area contributed by atoms with E-state index in [2.05, 4.69) is 0 Å². The molecule has 3 N–H and O–H groups in total. The molecule has 1 amide bonds. The smallest absolute Gasteiger partial charge is 0.243 e. The van der Waals surface area contributed by atoms with Crippen molar-refractivity contribution < 1.29 is 14.6 Å². The van der Waals surface area contributed by atoms with Gasteiger partial charge < -0.3 is 20.5 Å². The maximum atomic E-state index is 12.7. The highest BCUT2D eigenvalue weighted by Crippen LogP contribution is 2.27. The fourth-order valence-electron chi connectivity index (χ4n) is 2.98. The van der Waals surface area contributed by atoms with Gasteiger partial charge in [0.25, 0.3) is 0 Å². The van der Waals surface area contributed by atoms with Crippen LogP contribution in [0.3, 0.4) is 0 Å². The lowest BCUT2D eigenvalue weighted by Crippen LogP contribution is -2.58. The van der Waals surface area contributed by atoms with Crippen molar-refractivity contribution in [2.45, 2.75) is 31.3 Å². The SMILES string of the molecule is NC1(C(=O)N2CCc3ccc(O)cc3C2)CCOCC1. The fourth-order valence-corrected chi connectivity index (χ4v) is 2.98. The monoisotopic (exact) mass is 276 g/mol. The predicted octanol–water partition coefficient (Wildman–Crippen LogP) is 0.785. The molecule has 5 heteroatoms. The second kappa shape index (κ2) is 5.07. The number of rotatable bonds is 1. The van der Waals surface area contributed by atoms with Crippen molar-refractivity contribution in [3.8, 4) is 5.75 Å². The molecule has 2 aliphatic heterocycles. The Kier molecular flexibility index (Phi) is 3.40. The first-order chi connectivity index (χ1) is 9.58. The van der Waals surface area contributed by atoms with E-state index in [9.17, 15) is 9.90 Å². The molecule has 3 rings (SSSR count). The second-order valence-corrected chi connectivity index (χ2v) is 5.70. The standard InChI is InChI=1S/C15H20N2O3/c16-15(4-7-20-8-5-15)14(19)17-6-3-11-1-2-13(18)9-12(11)10-17/h1-2,9,18H,3-8,10,16H2. The van der Waals surface area contributed by atoms with Crippen molar-refractivity contribution in [3.05, 3.63) is 29.3 Å². The zero-order chi connectivity index (χ0) is 14.2. The number of benzene rings is 1. The minimum absolute atomic E-state index is 0.00907. The van der Waals surface area contributed by atoms with Gasteiger partial charge in [0.15, 0.2) is 0 Å². The van der Waals surface area contributed by atoms with Gasteiger partial charge in [-0.25, -0.2) is 0 Å². The Hall–Kier alpha value is -1.59. The summed E-state index contributed by atoms with van der Waals surface area (Å²) in [5, 5.41) is 9.57. The van der Waals surface area contributed by atoms with Gasteiger partial charge in [-0.05, 0) is 42.5 Å². The highest BCUT2D eigenvalue weighted by atomic mass is 16.5. The molecule has 108 valence electrons. The molecule has 1 aromatic carbocycles. The molecule has 0 radical (unpaired) electrons. The van der Waals surface area contributed by atoms with Crippen LogP contribution >= 0.6 is 0 Å². The Bertz CT molecular complexity index is 524. The number of phenols is 1. The third-order valence-corrected chi connectivity index (χ3v) is 4.30. The molecular weight excluding hydrogens is 256 g/mol. The number of aromatic hydroxyl groups is 1. The molecule has 0 aliphatic carbocycles. The third-order valence-electron chi connectivity index (χ3n) is 4.30. The lowest BCUT2D eigenvalue weighted by molar-refractivity contribution is -0.141. The van der Waals surface area contributed by atoms with E-state index in [1.165, 1.54) is 5.56 Å². The summed E-state index contributed by atoms with van der Waals surface area (Å²) >= 11 is 0. The molecule has 1 aromatic rings. The number of carbonyl (C=O) groups is 1. The predicted molar refractivity (Wildman–Crippen MR) is 74.2 cm³/mol. The van der Waals surface area contributed by atoms with Gasteiger partial charge in [0.05, 0.1) is 5.54 Å². The Morgan fingerprint density at radius 3 is 2.80 bits per heavy atom. The lowest BCUT2D eigenvalue weighted by Gasteiger charge is -2.38. The molecule has 2 aliphatic rings. The molecule has 5 nitrogen and oxygen atoms in total. The van der Waals surface area contributed by atoms with Crippen molar-refractivity contribution in [1.29, 1.82) is 0 Å². The molecule has 2 heterocycles. The van der Waals surface area contributed by atoms with E-state index in [1.807, 2.05) is 11.0 Å². The summed E-state index contributed by atoms with van der Waals surface area (Å²) in [6.07, 6.45) is 1.97. The Morgan fingerprint density at radius 1 is 1.30 bits per heavy atom. The summed E-state index contributed by atoms with van der Waals surface area (Å²) in [6, 6.07) is 5.36. The van der Waals surface area contributed by atoms with Gasteiger partial charge in [-0.15, -0.1) is 0 Å². The average molecular weight is 276 g/mol. The van der Waals surface area contributed by atoms with Gasteiger partial charge >= 0.3 is 0 Å². The van der Waals surface area contributed by atoms with E-state index in [-0.39, 0.29) is 11.7 Å². The summed E-state index contributed by atoms with van der Waals surface area (Å²) in [4.78, 5) is 14.5. The first kappa shape index (κ1) is 13.4. The minimum atomic E-state index is -0.785. The van der Waals surface area contributed by atoms with Crippen LogP contribution in [-0.4, -0.2) is 41.2 Å². The van der Waals surface area contributed by atoms with Crippen LogP contribution in [0.4, 0.5) is 0 Å². The van der Waals surface area contributed by atoms with Gasteiger partial charge in [-0.2, -0.15) is 0 Å². The minimum Gasteiger partial charge on any atom is -0.508 e. The van der Waals surface area contributed by atoms with Crippen LogP contribution in [0.5, 0.6) is 5.75 Å². The van der Waals surface area contributed by atoms with E-state index in [0.717, 1.165) is 12.0 Å². The Morgan fingerprint density at radius 2 is 2.05 bits per heavy atom. The van der Waals surface area contributed by atoms with Crippen LogP contribution in [0.15, 0.2) is 18.2 Å². The van der Waals surface area contributed by atoms with Crippen LogP contribution in [-0.2, 0) is 22.5 Å². The molecule has 0 saturated carbocycles. The number of carbonyl (C=O) groups excluding carboxylic acids is 1. The van der Waals surface area contributed by atoms with E-state index >= 15 is 0 Å². The largest absolute Gasteiger partial charge is 0.508 e. The van der Waals surface area contributed by atoms with Crippen LogP contribution in [0.2, 0.25) is 0 Å². The van der Waals surface area contributed by atoms with Crippen molar-refractivity contribution in [2.24, 2.45) is 5.73 Å². The Labute approximate surface area is 118 Å². The maximum Gasteiger partial charge on any atom is 0.243 e. The number of fused-ring (bicyclic) bond motifs is 1. The molecule has 0 spiro atoms. The molecule has 0 aromatic heterocycles. The van der Waals surface area contributed by atoms with Crippen molar-refractivity contribution in [1.82, 2.24) is 4.90 Å². The van der Waals surface area contributed by atoms with E-state index in [1.54, 1.807) is 12.1 Å². The molecule has 20 heavy (non-hydrogen) atoms. The first-order valence-corrected chi connectivity index (χ1v) is 7.05. The molecule has 0 unspecified atom stereocenters. The average Bonchev–Trinajstić information content (AvgIpc) is 2.46. The second-order valence-electron chi connectivity index (χ2n) is 5.70. The number of nitrogens with two attached hydrogens (primary N) is 1. The third kappa shape index (κ3) is 2.39. The van der Waals surface area contributed by atoms with Gasteiger partial charge in [0.2, 0.25) is 5.91 Å². The van der Waals surface area contributed by atoms with Crippen molar-refractivity contribution in [3.63, 3.8) is 0 Å². The first-order valence-electron chi connectivity index (χ1n) is 7.05. The molecule has 0 atom stereocenters. The zero-order valence-electron chi connectivity index (χ0n) is 11.5. The Balaban J connectivity index is 1.77. The lowest BCUT2D eigenvalue weighted by atomic mass is 9.88. The molecule has 1 fully saturated rings. The van der Waals surface area contributed by atoms with Crippen LogP contribution in [0.25, 0.3) is 0 Å². The van der Waals surface area contributed by atoms with Gasteiger partial charge in [-0.1, -0.05) is 6.07 Å². The van der Waals surface area contributed by atoms with Gasteiger partial charge in [0, 0.05) is 26.3 Å². The molecule has 1 saturated heterocycles. The summed E-state index contributed by atoms with van der Waals surface area (Å²) in [5.74, 6) is 0.251. The van der Waals surface area contributed by atoms with Crippen LogP contribution in [0, 0.1) is 0 Å². The highest BCUT2D eigenvalue weighted by molar-refractivity contribution is 5.86. The number of nitrogens with zero attached hydrogens (tertiary/aromatic N) is 1. The summed E-state index contributed by atoms with van der Waals surface area (Å²) < 4.78 is 5.29. The van der Waals surface area contributed by atoms with Crippen molar-refractivity contribution >= 4 is 5.91 Å². The summed E-state index contributed by atoms with van der Waals surface area (Å²) in [5.41, 5.74) is 7.69. The van der Waals surface area contributed by atoms with Crippen molar-refractivity contribution in [2.75, 3.05) is 19.8 Å². The van der Waals surface area contributed by atoms with E-state index in [0.29, 0.717) is 39.1 Å². The van der Waals surface area contributed by atoms with Crippen LogP contribution in [0.1, 0.15) is 24.0 Å². The zero-order valence-corrected chi connectivity index (χ0v) is 11.5. The van der Waals surface area contributed by atoms with E-state index < -0.39 is 5.54 Å². The normalized spacial score (nSPS) is 21.4. The quantitative estimate of drug-likeness (QED) is 0.795. The van der Waals surface area contributed by atoms with Gasteiger partial charge in [0.1, 0.15) is 5.75 Å². The topological polar surface area (TPSA) is 75.8 Å². The number of phenolic OH excluding ortho intramolecular Hbond substituents is 1. The van der Waals surface area contributed by atoms with Crippen LogP contribution < -0.4 is 5.73 Å². The maximum absolute atomic E-state index is 12.7. The number of amides is 1. The summed E-state index contributed by atoms with van der Waals surface area (Å²) in [7, 11) is 0. The summed E-state index contributed by atoms with van der Waals surface area (Å²) in [6.45, 7) is 2.32. The molecule has 0 bridgehead atoms. The number of ether oxygens (including phenoxy) is 1. The highest BCUT2D eigenvalue weighted by Gasteiger charge is 2.39. The van der Waals surface area contributed by atoms with Gasteiger partial charge in [-0.3, -0.25) is 4.79 Å².